The Labute approximate surface area is 199 Å². The lowest BCUT2D eigenvalue weighted by Gasteiger charge is -2.38. The van der Waals surface area contributed by atoms with Gasteiger partial charge in [0, 0.05) is 26.1 Å². The summed E-state index contributed by atoms with van der Waals surface area (Å²) in [5.74, 6) is 0.739. The first kappa shape index (κ1) is 21.5. The number of rotatable bonds is 4. The molecule has 0 spiro atoms. The minimum Gasteiger partial charge on any atom is -0.461 e. The molecule has 3 fully saturated rings. The van der Waals surface area contributed by atoms with Crippen LogP contribution in [0, 0.1) is 0 Å². The maximum Gasteiger partial charge on any atom is 0.319 e. The third kappa shape index (κ3) is 3.66. The summed E-state index contributed by atoms with van der Waals surface area (Å²) in [6.07, 6.45) is 5.08. The van der Waals surface area contributed by atoms with Crippen LogP contribution in [0.4, 0.5) is 10.2 Å². The smallest absolute Gasteiger partial charge is 0.319 e. The van der Waals surface area contributed by atoms with Crippen LogP contribution in [-0.4, -0.2) is 79.7 Å². The highest BCUT2D eigenvalue weighted by Gasteiger charge is 2.49. The summed E-state index contributed by atoms with van der Waals surface area (Å²) in [4.78, 5) is 13.9. The van der Waals surface area contributed by atoms with Gasteiger partial charge < -0.3 is 14.7 Å². The van der Waals surface area contributed by atoms with Gasteiger partial charge in [0.25, 0.3) is 0 Å². The molecule has 0 aliphatic carbocycles. The van der Waals surface area contributed by atoms with Crippen LogP contribution in [0.5, 0.6) is 6.01 Å². The minimum atomic E-state index is -0.802. The average Bonchev–Trinajstić information content (AvgIpc) is 3.45. The van der Waals surface area contributed by atoms with E-state index in [0.29, 0.717) is 32.1 Å². The number of anilines is 1. The molecule has 0 bridgehead atoms. The van der Waals surface area contributed by atoms with E-state index in [1.807, 2.05) is 23.6 Å². The quantitative estimate of drug-likeness (QED) is 0.530. The van der Waals surface area contributed by atoms with Gasteiger partial charge in [0.05, 0.1) is 33.8 Å². The third-order valence-electron chi connectivity index (χ3n) is 7.46. The van der Waals surface area contributed by atoms with E-state index >= 15 is 0 Å². The van der Waals surface area contributed by atoms with Gasteiger partial charge in [-0.2, -0.15) is 15.1 Å². The molecule has 33 heavy (non-hydrogen) atoms. The molecule has 1 N–H and O–H groups in total. The van der Waals surface area contributed by atoms with Gasteiger partial charge in [0.1, 0.15) is 23.2 Å². The van der Waals surface area contributed by atoms with Crippen molar-refractivity contribution in [1.29, 1.82) is 0 Å². The summed E-state index contributed by atoms with van der Waals surface area (Å²) in [5, 5.41) is 16.0. The molecule has 0 radical (unpaired) electrons. The van der Waals surface area contributed by atoms with Crippen LogP contribution < -0.4 is 9.64 Å². The molecule has 0 saturated carbocycles. The molecule has 6 heterocycles. The monoisotopic (exact) mass is 518 g/mol. The fourth-order valence-corrected chi connectivity index (χ4v) is 6.47. The van der Waals surface area contributed by atoms with Gasteiger partial charge in [-0.05, 0) is 67.2 Å². The number of hydrogen-bond acceptors (Lipinski definition) is 7. The lowest BCUT2D eigenvalue weighted by Crippen LogP contribution is -2.46. The second-order valence-corrected chi connectivity index (χ2v) is 10.9. The zero-order chi connectivity index (χ0) is 22.8. The van der Waals surface area contributed by atoms with Gasteiger partial charge >= 0.3 is 6.01 Å². The lowest BCUT2D eigenvalue weighted by atomic mass is 9.95. The summed E-state index contributed by atoms with van der Waals surface area (Å²) in [5.41, 5.74) is 0.590. The standard InChI is InChI=1S/C23H28BrFN6O2/c1-22(32)5-2-8-29(13-22)20-19-16(10-18(24)31-17(19)4-7-26-31)27-21(28-20)33-14-23-6-3-9-30(23)12-15(25)11-23/h4,7,10,15,32H,2-3,5-6,8-9,11-14H2,1H3/t15-,22-,23+/m1/s1. The second kappa shape index (κ2) is 7.74. The molecule has 3 aromatic heterocycles. The maximum absolute atomic E-state index is 14.2. The van der Waals surface area contributed by atoms with Crippen molar-refractivity contribution in [3.8, 4) is 6.01 Å². The molecule has 3 aromatic rings. The average molecular weight is 519 g/mol. The molecule has 0 unspecified atom stereocenters. The van der Waals surface area contributed by atoms with Crippen LogP contribution >= 0.6 is 15.9 Å². The molecule has 3 atom stereocenters. The number of alkyl halides is 1. The Kier molecular flexibility index (Phi) is 5.04. The zero-order valence-electron chi connectivity index (χ0n) is 18.7. The molecular weight excluding hydrogens is 491 g/mol. The van der Waals surface area contributed by atoms with Gasteiger partial charge in [-0.15, -0.1) is 0 Å². The van der Waals surface area contributed by atoms with Crippen LogP contribution in [-0.2, 0) is 0 Å². The van der Waals surface area contributed by atoms with Crippen molar-refractivity contribution in [2.75, 3.05) is 37.7 Å². The van der Waals surface area contributed by atoms with Crippen molar-refractivity contribution in [2.45, 2.75) is 56.3 Å². The highest BCUT2D eigenvalue weighted by Crippen LogP contribution is 2.41. The van der Waals surface area contributed by atoms with Gasteiger partial charge in [-0.1, -0.05) is 0 Å². The molecule has 0 aromatic carbocycles. The van der Waals surface area contributed by atoms with E-state index < -0.39 is 11.8 Å². The second-order valence-electron chi connectivity index (χ2n) is 10.1. The van der Waals surface area contributed by atoms with Gasteiger partial charge in [0.2, 0.25) is 0 Å². The van der Waals surface area contributed by atoms with Gasteiger partial charge in [0.15, 0.2) is 0 Å². The predicted octanol–water partition coefficient (Wildman–Crippen LogP) is 3.35. The van der Waals surface area contributed by atoms with E-state index in [1.54, 1.807) is 6.20 Å². The summed E-state index contributed by atoms with van der Waals surface area (Å²) < 4.78 is 23.0. The van der Waals surface area contributed by atoms with Crippen LogP contribution in [0.15, 0.2) is 22.9 Å². The number of β-amino-alcohol motifs (C(OH)–C–C–N with tert-alkyl or cyclic N) is 1. The van der Waals surface area contributed by atoms with E-state index in [9.17, 15) is 9.50 Å². The number of nitrogens with zero attached hydrogens (tertiary/aromatic N) is 6. The normalized spacial score (nSPS) is 30.4. The number of aliphatic hydroxyl groups is 1. The fourth-order valence-electron chi connectivity index (χ4n) is 5.97. The van der Waals surface area contributed by atoms with Crippen molar-refractivity contribution in [3.05, 3.63) is 22.9 Å². The Morgan fingerprint density at radius 1 is 1.27 bits per heavy atom. The molecule has 0 amide bonds. The first-order chi connectivity index (χ1) is 15.8. The molecule has 6 rings (SSSR count). The topological polar surface area (TPSA) is 79.0 Å². The number of piperidine rings is 1. The van der Waals surface area contributed by atoms with Crippen LogP contribution in [0.25, 0.3) is 16.4 Å². The first-order valence-corrected chi connectivity index (χ1v) is 12.5. The van der Waals surface area contributed by atoms with Crippen molar-refractivity contribution < 1.29 is 14.2 Å². The maximum atomic E-state index is 14.2. The van der Waals surface area contributed by atoms with Crippen LogP contribution in [0.2, 0.25) is 0 Å². The third-order valence-corrected chi connectivity index (χ3v) is 8.02. The number of ether oxygens (including phenoxy) is 1. The molecule has 3 saturated heterocycles. The number of pyridine rings is 1. The van der Waals surface area contributed by atoms with Crippen molar-refractivity contribution in [2.24, 2.45) is 0 Å². The van der Waals surface area contributed by atoms with Crippen LogP contribution in [0.3, 0.4) is 0 Å². The molecular formula is C23H28BrFN6O2. The summed E-state index contributed by atoms with van der Waals surface area (Å²) >= 11 is 3.59. The van der Waals surface area contributed by atoms with E-state index in [1.165, 1.54) is 0 Å². The summed E-state index contributed by atoms with van der Waals surface area (Å²) in [7, 11) is 0. The summed E-state index contributed by atoms with van der Waals surface area (Å²) in [6, 6.07) is 4.16. The number of fused-ring (bicyclic) bond motifs is 4. The Bertz CT molecular complexity index is 1220. The van der Waals surface area contributed by atoms with Crippen molar-refractivity contribution >= 4 is 38.2 Å². The lowest BCUT2D eigenvalue weighted by molar-refractivity contribution is 0.0447. The van der Waals surface area contributed by atoms with Gasteiger partial charge in [-0.25, -0.2) is 8.91 Å². The van der Waals surface area contributed by atoms with Crippen molar-refractivity contribution in [1.82, 2.24) is 24.5 Å². The van der Waals surface area contributed by atoms with E-state index in [0.717, 1.165) is 65.6 Å². The van der Waals surface area contributed by atoms with E-state index in [-0.39, 0.29) is 5.54 Å². The predicted molar refractivity (Wildman–Crippen MR) is 127 cm³/mol. The van der Waals surface area contributed by atoms with E-state index in [2.05, 4.69) is 30.8 Å². The highest BCUT2D eigenvalue weighted by molar-refractivity contribution is 9.10. The fraction of sp³-hybridized carbons (Fsp3) is 0.609. The largest absolute Gasteiger partial charge is 0.461 e. The molecule has 3 aliphatic rings. The van der Waals surface area contributed by atoms with Gasteiger partial charge in [-0.3, -0.25) is 4.90 Å². The number of halogens is 2. The minimum absolute atomic E-state index is 0.261. The first-order valence-electron chi connectivity index (χ1n) is 11.7. The molecule has 10 heteroatoms. The highest BCUT2D eigenvalue weighted by atomic mass is 79.9. The summed E-state index contributed by atoms with van der Waals surface area (Å²) in [6.45, 7) is 4.93. The van der Waals surface area contributed by atoms with E-state index in [4.69, 9.17) is 14.7 Å². The SMILES string of the molecule is C[C@@]1(O)CCCN(c2nc(OC[C@@]34CCCN3C[C@H](F)C4)nc3cc(Br)n4nccc4c23)C1. The Morgan fingerprint density at radius 2 is 2.12 bits per heavy atom. The Balaban J connectivity index is 1.42. The number of aromatic nitrogens is 4. The van der Waals surface area contributed by atoms with Crippen LogP contribution in [0.1, 0.15) is 39.0 Å². The zero-order valence-corrected chi connectivity index (χ0v) is 20.3. The molecule has 176 valence electrons. The Hall–Kier alpha value is -2.04. The van der Waals surface area contributed by atoms with Crippen molar-refractivity contribution in [3.63, 3.8) is 0 Å². The number of hydrogen-bond donors (Lipinski definition) is 1. The Morgan fingerprint density at radius 3 is 2.97 bits per heavy atom. The molecule has 3 aliphatic heterocycles. The molecule has 8 nitrogen and oxygen atoms in total.